The summed E-state index contributed by atoms with van der Waals surface area (Å²) in [5.41, 5.74) is 0.813. The molecule has 0 N–H and O–H groups in total. The van der Waals surface area contributed by atoms with Gasteiger partial charge in [-0.2, -0.15) is 0 Å². The average Bonchev–Trinajstić information content (AvgIpc) is 2.77. The standard InChI is InChI=1S/C14H13Cl2NO3/c1-7(2)13-11(8(3)17-20-13)14(18)19-10-6-4-5-9(15)12(10)16/h4-7H,1-3H3. The van der Waals surface area contributed by atoms with Gasteiger partial charge < -0.3 is 9.26 Å². The molecule has 0 spiro atoms. The van der Waals surface area contributed by atoms with Crippen molar-refractivity contribution in [3.8, 4) is 5.75 Å². The number of hydrogen-bond donors (Lipinski definition) is 0. The number of rotatable bonds is 3. The van der Waals surface area contributed by atoms with Gasteiger partial charge in [0.05, 0.1) is 10.7 Å². The van der Waals surface area contributed by atoms with E-state index in [1.165, 1.54) is 0 Å². The van der Waals surface area contributed by atoms with Crippen molar-refractivity contribution < 1.29 is 14.1 Å². The first kappa shape index (κ1) is 14.9. The molecule has 0 aliphatic carbocycles. The van der Waals surface area contributed by atoms with Crippen molar-refractivity contribution in [3.05, 3.63) is 45.3 Å². The lowest BCUT2D eigenvalue weighted by molar-refractivity contribution is 0.0731. The SMILES string of the molecule is Cc1noc(C(C)C)c1C(=O)Oc1cccc(Cl)c1Cl. The fraction of sp³-hybridized carbons (Fsp3) is 0.286. The molecule has 1 heterocycles. The Morgan fingerprint density at radius 2 is 2.05 bits per heavy atom. The van der Waals surface area contributed by atoms with E-state index < -0.39 is 5.97 Å². The first-order valence-electron chi connectivity index (χ1n) is 6.04. The van der Waals surface area contributed by atoms with Crippen LogP contribution < -0.4 is 4.74 Å². The summed E-state index contributed by atoms with van der Waals surface area (Å²) in [7, 11) is 0. The summed E-state index contributed by atoms with van der Waals surface area (Å²) in [6, 6.07) is 4.84. The van der Waals surface area contributed by atoms with Crippen molar-refractivity contribution in [2.45, 2.75) is 26.7 Å². The normalized spacial score (nSPS) is 10.9. The lowest BCUT2D eigenvalue weighted by Gasteiger charge is -2.08. The van der Waals surface area contributed by atoms with E-state index in [9.17, 15) is 4.79 Å². The molecule has 0 aliphatic heterocycles. The topological polar surface area (TPSA) is 52.3 Å². The zero-order chi connectivity index (χ0) is 14.9. The summed E-state index contributed by atoms with van der Waals surface area (Å²) >= 11 is 11.9. The highest BCUT2D eigenvalue weighted by molar-refractivity contribution is 6.43. The molecule has 0 fully saturated rings. The van der Waals surface area contributed by atoms with Crippen molar-refractivity contribution in [1.82, 2.24) is 5.16 Å². The minimum absolute atomic E-state index is 0.0218. The van der Waals surface area contributed by atoms with Crippen LogP contribution in [0.2, 0.25) is 10.0 Å². The number of nitrogens with zero attached hydrogens (tertiary/aromatic N) is 1. The van der Waals surface area contributed by atoms with E-state index in [1.807, 2.05) is 13.8 Å². The molecule has 0 saturated carbocycles. The molecule has 2 aromatic rings. The van der Waals surface area contributed by atoms with E-state index in [0.29, 0.717) is 22.0 Å². The second-order valence-electron chi connectivity index (χ2n) is 4.60. The van der Waals surface area contributed by atoms with Gasteiger partial charge >= 0.3 is 5.97 Å². The highest BCUT2D eigenvalue weighted by Gasteiger charge is 2.25. The molecular weight excluding hydrogens is 301 g/mol. The van der Waals surface area contributed by atoms with Crippen LogP contribution in [0.1, 0.15) is 41.6 Å². The fourth-order valence-electron chi connectivity index (χ4n) is 1.74. The van der Waals surface area contributed by atoms with Crippen LogP contribution in [-0.2, 0) is 0 Å². The minimum atomic E-state index is -0.559. The van der Waals surface area contributed by atoms with Gasteiger partial charge in [0.1, 0.15) is 10.6 Å². The van der Waals surface area contributed by atoms with Crippen molar-refractivity contribution in [2.24, 2.45) is 0 Å². The van der Waals surface area contributed by atoms with Crippen LogP contribution in [0.15, 0.2) is 22.7 Å². The van der Waals surface area contributed by atoms with Crippen LogP contribution >= 0.6 is 23.2 Å². The summed E-state index contributed by atoms with van der Waals surface area (Å²) in [6.07, 6.45) is 0. The Kier molecular flexibility index (Phi) is 4.35. The van der Waals surface area contributed by atoms with Gasteiger partial charge in [-0.25, -0.2) is 4.79 Å². The molecule has 0 radical (unpaired) electrons. The Morgan fingerprint density at radius 1 is 1.35 bits per heavy atom. The lowest BCUT2D eigenvalue weighted by atomic mass is 10.1. The summed E-state index contributed by atoms with van der Waals surface area (Å²) in [5.74, 6) is 0.162. The maximum absolute atomic E-state index is 12.3. The van der Waals surface area contributed by atoms with Gasteiger partial charge in [0.15, 0.2) is 11.5 Å². The molecule has 0 saturated heterocycles. The maximum atomic E-state index is 12.3. The molecule has 20 heavy (non-hydrogen) atoms. The average molecular weight is 314 g/mol. The highest BCUT2D eigenvalue weighted by atomic mass is 35.5. The summed E-state index contributed by atoms with van der Waals surface area (Å²) < 4.78 is 10.4. The molecule has 2 rings (SSSR count). The number of ether oxygens (including phenoxy) is 1. The monoisotopic (exact) mass is 313 g/mol. The number of carbonyl (C=O) groups excluding carboxylic acids is 1. The van der Waals surface area contributed by atoms with Gasteiger partial charge in [-0.1, -0.05) is 48.3 Å². The van der Waals surface area contributed by atoms with Gasteiger partial charge in [0.2, 0.25) is 0 Å². The molecule has 1 aromatic carbocycles. The third-order valence-electron chi connectivity index (χ3n) is 2.74. The Hall–Kier alpha value is -1.52. The van der Waals surface area contributed by atoms with Crippen molar-refractivity contribution in [3.63, 3.8) is 0 Å². The van der Waals surface area contributed by atoms with Crippen LogP contribution in [0.25, 0.3) is 0 Å². The summed E-state index contributed by atoms with van der Waals surface area (Å²) in [5, 5.41) is 4.32. The number of carbonyl (C=O) groups is 1. The van der Waals surface area contributed by atoms with Gasteiger partial charge in [0, 0.05) is 5.92 Å². The number of benzene rings is 1. The molecule has 1 aromatic heterocycles. The molecular formula is C14H13Cl2NO3. The number of halogens is 2. The molecule has 6 heteroatoms. The predicted molar refractivity (Wildman–Crippen MR) is 76.7 cm³/mol. The van der Waals surface area contributed by atoms with Crippen molar-refractivity contribution in [2.75, 3.05) is 0 Å². The summed E-state index contributed by atoms with van der Waals surface area (Å²) in [6.45, 7) is 5.50. The van der Waals surface area contributed by atoms with Crippen LogP contribution in [0, 0.1) is 6.92 Å². The van der Waals surface area contributed by atoms with E-state index in [4.69, 9.17) is 32.5 Å². The number of aromatic nitrogens is 1. The zero-order valence-corrected chi connectivity index (χ0v) is 12.7. The molecule has 106 valence electrons. The first-order valence-corrected chi connectivity index (χ1v) is 6.79. The second kappa shape index (κ2) is 5.85. The third-order valence-corrected chi connectivity index (χ3v) is 3.54. The van der Waals surface area contributed by atoms with E-state index >= 15 is 0 Å². The molecule has 0 amide bonds. The van der Waals surface area contributed by atoms with E-state index in [0.717, 1.165) is 0 Å². The first-order chi connectivity index (χ1) is 9.41. The molecule has 0 aliphatic rings. The Morgan fingerprint density at radius 3 is 2.70 bits per heavy atom. The van der Waals surface area contributed by atoms with Crippen molar-refractivity contribution >= 4 is 29.2 Å². The second-order valence-corrected chi connectivity index (χ2v) is 5.39. The van der Waals surface area contributed by atoms with E-state index in [2.05, 4.69) is 5.16 Å². The van der Waals surface area contributed by atoms with Crippen LogP contribution in [0.4, 0.5) is 0 Å². The van der Waals surface area contributed by atoms with Gasteiger partial charge in [-0.05, 0) is 19.1 Å². The number of esters is 1. The van der Waals surface area contributed by atoms with Gasteiger partial charge in [-0.15, -0.1) is 0 Å². The molecule has 0 unspecified atom stereocenters. The molecule has 0 atom stereocenters. The van der Waals surface area contributed by atoms with Crippen LogP contribution in [0.3, 0.4) is 0 Å². The summed E-state index contributed by atoms with van der Waals surface area (Å²) in [4.78, 5) is 12.3. The molecule has 0 bridgehead atoms. The Balaban J connectivity index is 2.34. The maximum Gasteiger partial charge on any atom is 0.349 e. The Bertz CT molecular complexity index is 650. The van der Waals surface area contributed by atoms with Gasteiger partial charge in [-0.3, -0.25) is 0 Å². The highest BCUT2D eigenvalue weighted by Crippen LogP contribution is 2.32. The van der Waals surface area contributed by atoms with Gasteiger partial charge in [0.25, 0.3) is 0 Å². The quantitative estimate of drug-likeness (QED) is 0.612. The minimum Gasteiger partial charge on any atom is -0.421 e. The zero-order valence-electron chi connectivity index (χ0n) is 11.2. The fourth-order valence-corrected chi connectivity index (χ4v) is 2.07. The predicted octanol–water partition coefficient (Wildman–Crippen LogP) is 4.63. The number of hydrogen-bond acceptors (Lipinski definition) is 4. The smallest absolute Gasteiger partial charge is 0.349 e. The lowest BCUT2D eigenvalue weighted by Crippen LogP contribution is -2.12. The number of aryl methyl sites for hydroxylation is 1. The molecule has 4 nitrogen and oxygen atoms in total. The largest absolute Gasteiger partial charge is 0.421 e. The van der Waals surface area contributed by atoms with Crippen molar-refractivity contribution in [1.29, 1.82) is 0 Å². The Labute approximate surface area is 126 Å². The van der Waals surface area contributed by atoms with E-state index in [1.54, 1.807) is 25.1 Å². The van der Waals surface area contributed by atoms with Crippen LogP contribution in [0.5, 0.6) is 5.75 Å². The van der Waals surface area contributed by atoms with E-state index in [-0.39, 0.29) is 16.7 Å². The third kappa shape index (κ3) is 2.81. The van der Waals surface area contributed by atoms with Crippen LogP contribution in [-0.4, -0.2) is 11.1 Å².